The van der Waals surface area contributed by atoms with Gasteiger partial charge in [-0.3, -0.25) is 9.69 Å². The van der Waals surface area contributed by atoms with Crippen molar-refractivity contribution >= 4 is 11.7 Å². The molecule has 6 nitrogen and oxygen atoms in total. The molecule has 1 aliphatic rings. The molecule has 1 aromatic heterocycles. The van der Waals surface area contributed by atoms with E-state index in [0.717, 1.165) is 32.8 Å². The highest BCUT2D eigenvalue weighted by Gasteiger charge is 2.10. The Morgan fingerprint density at radius 3 is 2.89 bits per heavy atom. The summed E-state index contributed by atoms with van der Waals surface area (Å²) in [6.45, 7) is 4.88. The minimum atomic E-state index is -0.115. The third-order valence-electron chi connectivity index (χ3n) is 2.87. The molecule has 0 saturated carbocycles. The summed E-state index contributed by atoms with van der Waals surface area (Å²) in [5.74, 6) is 0.302. The van der Waals surface area contributed by atoms with Crippen molar-refractivity contribution in [2.24, 2.45) is 0 Å². The third-order valence-corrected chi connectivity index (χ3v) is 2.87. The van der Waals surface area contributed by atoms with Gasteiger partial charge < -0.3 is 15.8 Å². The number of carbonyl (C=O) groups is 1. The molecular formula is C12H18N4O2. The van der Waals surface area contributed by atoms with Gasteiger partial charge in [-0.05, 0) is 12.1 Å². The molecule has 18 heavy (non-hydrogen) atoms. The fourth-order valence-electron chi connectivity index (χ4n) is 1.79. The number of aromatic nitrogens is 1. The Morgan fingerprint density at radius 2 is 2.22 bits per heavy atom. The number of nitrogens with zero attached hydrogens (tertiary/aromatic N) is 2. The minimum absolute atomic E-state index is 0.115. The van der Waals surface area contributed by atoms with Gasteiger partial charge >= 0.3 is 0 Å². The fourth-order valence-corrected chi connectivity index (χ4v) is 1.79. The van der Waals surface area contributed by atoms with Crippen LogP contribution in [0, 0.1) is 0 Å². The van der Waals surface area contributed by atoms with Crippen LogP contribution in [0.5, 0.6) is 0 Å². The van der Waals surface area contributed by atoms with E-state index in [1.807, 2.05) is 0 Å². The summed E-state index contributed by atoms with van der Waals surface area (Å²) in [4.78, 5) is 17.9. The lowest BCUT2D eigenvalue weighted by Crippen LogP contribution is -2.41. The first-order valence-electron chi connectivity index (χ1n) is 6.05. The van der Waals surface area contributed by atoms with Crippen molar-refractivity contribution in [1.82, 2.24) is 15.2 Å². The van der Waals surface area contributed by atoms with Crippen LogP contribution in [-0.4, -0.2) is 55.2 Å². The number of rotatable bonds is 4. The monoisotopic (exact) mass is 250 g/mol. The number of ether oxygens (including phenoxy) is 1. The number of carbonyl (C=O) groups excluding carboxylic acids is 1. The zero-order valence-corrected chi connectivity index (χ0v) is 10.3. The van der Waals surface area contributed by atoms with Gasteiger partial charge in [0.25, 0.3) is 5.91 Å². The molecule has 0 radical (unpaired) electrons. The molecule has 1 fully saturated rings. The molecule has 0 unspecified atom stereocenters. The fraction of sp³-hybridized carbons (Fsp3) is 0.500. The minimum Gasteiger partial charge on any atom is -0.384 e. The third kappa shape index (κ3) is 3.68. The van der Waals surface area contributed by atoms with Gasteiger partial charge in [-0.1, -0.05) is 0 Å². The topological polar surface area (TPSA) is 80.5 Å². The van der Waals surface area contributed by atoms with E-state index in [2.05, 4.69) is 15.2 Å². The van der Waals surface area contributed by atoms with Crippen LogP contribution in [0.1, 0.15) is 10.4 Å². The lowest BCUT2D eigenvalue weighted by molar-refractivity contribution is 0.0383. The first-order chi connectivity index (χ1) is 8.75. The number of nitrogens with two attached hydrogens (primary N) is 1. The lowest BCUT2D eigenvalue weighted by Gasteiger charge is -2.26. The normalized spacial score (nSPS) is 16.4. The van der Waals surface area contributed by atoms with Crippen LogP contribution in [0.4, 0.5) is 5.82 Å². The second-order valence-corrected chi connectivity index (χ2v) is 4.18. The van der Waals surface area contributed by atoms with E-state index in [1.54, 1.807) is 12.1 Å². The number of anilines is 1. The van der Waals surface area contributed by atoms with Crippen molar-refractivity contribution in [3.05, 3.63) is 23.9 Å². The van der Waals surface area contributed by atoms with E-state index in [-0.39, 0.29) is 5.91 Å². The Hall–Kier alpha value is -1.66. The van der Waals surface area contributed by atoms with Crippen molar-refractivity contribution in [1.29, 1.82) is 0 Å². The maximum absolute atomic E-state index is 11.8. The SMILES string of the molecule is Nc1ccc(C(=O)NCCN2CCOCC2)cn1. The maximum Gasteiger partial charge on any atom is 0.252 e. The molecule has 2 heterocycles. The van der Waals surface area contributed by atoms with Gasteiger partial charge in [0.15, 0.2) is 0 Å². The highest BCUT2D eigenvalue weighted by atomic mass is 16.5. The van der Waals surface area contributed by atoms with Crippen LogP contribution in [-0.2, 0) is 4.74 Å². The molecule has 1 aromatic rings. The molecular weight excluding hydrogens is 232 g/mol. The summed E-state index contributed by atoms with van der Waals surface area (Å²) in [5, 5.41) is 2.86. The smallest absolute Gasteiger partial charge is 0.252 e. The number of pyridine rings is 1. The van der Waals surface area contributed by atoms with Crippen LogP contribution in [0.3, 0.4) is 0 Å². The summed E-state index contributed by atoms with van der Waals surface area (Å²) >= 11 is 0. The Morgan fingerprint density at radius 1 is 1.44 bits per heavy atom. The Bertz CT molecular complexity index is 388. The van der Waals surface area contributed by atoms with Crippen molar-refractivity contribution in [3.63, 3.8) is 0 Å². The van der Waals surface area contributed by atoms with E-state index < -0.39 is 0 Å². The second kappa shape index (κ2) is 6.32. The van der Waals surface area contributed by atoms with Gasteiger partial charge in [-0.15, -0.1) is 0 Å². The van der Waals surface area contributed by atoms with E-state index >= 15 is 0 Å². The van der Waals surface area contributed by atoms with Crippen LogP contribution in [0.2, 0.25) is 0 Å². The quantitative estimate of drug-likeness (QED) is 0.768. The summed E-state index contributed by atoms with van der Waals surface area (Å²) in [5.41, 5.74) is 6.00. The molecule has 1 saturated heterocycles. The van der Waals surface area contributed by atoms with Crippen LogP contribution in [0.25, 0.3) is 0 Å². The highest BCUT2D eigenvalue weighted by Crippen LogP contribution is 2.01. The summed E-state index contributed by atoms with van der Waals surface area (Å²) in [6.07, 6.45) is 1.49. The lowest BCUT2D eigenvalue weighted by atomic mass is 10.2. The standard InChI is InChI=1S/C12H18N4O2/c13-11-2-1-10(9-15-11)12(17)14-3-4-16-5-7-18-8-6-16/h1-2,9H,3-8H2,(H2,13,15)(H,14,17). The zero-order chi connectivity index (χ0) is 12.8. The molecule has 6 heteroatoms. The zero-order valence-electron chi connectivity index (χ0n) is 10.3. The Labute approximate surface area is 106 Å². The largest absolute Gasteiger partial charge is 0.384 e. The number of nitrogens with one attached hydrogen (secondary N) is 1. The van der Waals surface area contributed by atoms with Crippen molar-refractivity contribution in [2.45, 2.75) is 0 Å². The predicted molar refractivity (Wildman–Crippen MR) is 68.2 cm³/mol. The summed E-state index contributed by atoms with van der Waals surface area (Å²) in [7, 11) is 0. The average Bonchev–Trinajstić information content (AvgIpc) is 2.40. The molecule has 0 aliphatic carbocycles. The molecule has 0 bridgehead atoms. The molecule has 1 amide bonds. The van der Waals surface area contributed by atoms with Gasteiger partial charge in [0, 0.05) is 32.4 Å². The predicted octanol–water partition coefficient (Wildman–Crippen LogP) is -0.274. The van der Waals surface area contributed by atoms with Crippen LogP contribution < -0.4 is 11.1 Å². The molecule has 0 atom stereocenters. The molecule has 3 N–H and O–H groups in total. The van der Waals surface area contributed by atoms with Crippen LogP contribution >= 0.6 is 0 Å². The van der Waals surface area contributed by atoms with E-state index in [9.17, 15) is 4.79 Å². The van der Waals surface area contributed by atoms with E-state index in [4.69, 9.17) is 10.5 Å². The summed E-state index contributed by atoms with van der Waals surface area (Å²) in [6, 6.07) is 3.29. The second-order valence-electron chi connectivity index (χ2n) is 4.18. The Balaban J connectivity index is 1.72. The van der Waals surface area contributed by atoms with Gasteiger partial charge in [-0.25, -0.2) is 4.98 Å². The molecule has 1 aliphatic heterocycles. The van der Waals surface area contributed by atoms with Crippen LogP contribution in [0.15, 0.2) is 18.3 Å². The molecule has 2 rings (SSSR count). The van der Waals surface area contributed by atoms with Gasteiger partial charge in [0.2, 0.25) is 0 Å². The number of nitrogen functional groups attached to an aromatic ring is 1. The van der Waals surface area contributed by atoms with E-state index in [1.165, 1.54) is 6.20 Å². The molecule has 0 aromatic carbocycles. The first kappa shape index (κ1) is 12.8. The number of morpholine rings is 1. The molecule has 98 valence electrons. The van der Waals surface area contributed by atoms with Gasteiger partial charge in [-0.2, -0.15) is 0 Å². The summed E-state index contributed by atoms with van der Waals surface area (Å²) < 4.78 is 5.26. The van der Waals surface area contributed by atoms with Crippen molar-refractivity contribution in [3.8, 4) is 0 Å². The Kier molecular flexibility index (Phi) is 4.49. The van der Waals surface area contributed by atoms with Crippen molar-refractivity contribution in [2.75, 3.05) is 45.1 Å². The van der Waals surface area contributed by atoms with Gasteiger partial charge in [0.1, 0.15) is 5.82 Å². The molecule has 0 spiro atoms. The number of hydrogen-bond acceptors (Lipinski definition) is 5. The average molecular weight is 250 g/mol. The van der Waals surface area contributed by atoms with Crippen molar-refractivity contribution < 1.29 is 9.53 Å². The number of amides is 1. The first-order valence-corrected chi connectivity index (χ1v) is 6.05. The van der Waals surface area contributed by atoms with Gasteiger partial charge in [0.05, 0.1) is 18.8 Å². The van der Waals surface area contributed by atoms with E-state index in [0.29, 0.717) is 17.9 Å². The maximum atomic E-state index is 11.8. The highest BCUT2D eigenvalue weighted by molar-refractivity contribution is 5.93. The number of hydrogen-bond donors (Lipinski definition) is 2.